The van der Waals surface area contributed by atoms with Crippen LogP contribution in [0.25, 0.3) is 0 Å². The summed E-state index contributed by atoms with van der Waals surface area (Å²) >= 11 is 1.39. The maximum absolute atomic E-state index is 12.1. The molecule has 0 spiro atoms. The summed E-state index contributed by atoms with van der Waals surface area (Å²) in [5, 5.41) is 6.50. The molecule has 9 heteroatoms. The highest BCUT2D eigenvalue weighted by atomic mass is 32.2. The number of rotatable bonds is 5. The van der Waals surface area contributed by atoms with Gasteiger partial charge in [0.2, 0.25) is 10.0 Å². The van der Waals surface area contributed by atoms with E-state index in [2.05, 4.69) is 19.9 Å². The first-order valence-corrected chi connectivity index (χ1v) is 7.52. The van der Waals surface area contributed by atoms with Crippen molar-refractivity contribution in [2.75, 3.05) is 0 Å². The predicted molar refractivity (Wildman–Crippen MR) is 67.4 cm³/mol. The summed E-state index contributed by atoms with van der Waals surface area (Å²) in [7, 11) is -3.61. The minimum atomic E-state index is -3.61. The maximum Gasteiger partial charge on any atom is 0.244 e. The van der Waals surface area contributed by atoms with E-state index < -0.39 is 10.0 Å². The van der Waals surface area contributed by atoms with Crippen LogP contribution in [-0.2, 0) is 23.1 Å². The minimum absolute atomic E-state index is 0.0706. The van der Waals surface area contributed by atoms with Crippen molar-refractivity contribution in [2.45, 2.75) is 24.9 Å². The molecule has 0 aliphatic heterocycles. The van der Waals surface area contributed by atoms with E-state index in [9.17, 15) is 8.42 Å². The van der Waals surface area contributed by atoms with Gasteiger partial charge in [0, 0.05) is 24.2 Å². The lowest BCUT2D eigenvalue weighted by Crippen LogP contribution is -2.24. The second-order valence-corrected chi connectivity index (χ2v) is 6.30. The number of hydrogen-bond acceptors (Lipinski definition) is 6. The van der Waals surface area contributed by atoms with E-state index in [0.29, 0.717) is 11.4 Å². The molecular weight excluding hydrogens is 274 g/mol. The predicted octanol–water partition coefficient (Wildman–Crippen LogP) is 0.112. The third-order valence-corrected chi connectivity index (χ3v) is 4.73. The molecule has 0 atom stereocenters. The lowest BCUT2D eigenvalue weighted by molar-refractivity contribution is 0.580. The van der Waals surface area contributed by atoms with Gasteiger partial charge < -0.3 is 5.73 Å². The Hall–Kier alpha value is -1.29. The largest absolute Gasteiger partial charge is 0.325 e. The Bertz CT molecular complexity index is 617. The molecule has 98 valence electrons. The van der Waals surface area contributed by atoms with E-state index in [-0.39, 0.29) is 18.0 Å². The van der Waals surface area contributed by atoms with Crippen molar-refractivity contribution in [3.63, 3.8) is 0 Å². The molecule has 0 aliphatic carbocycles. The third kappa shape index (κ3) is 2.58. The van der Waals surface area contributed by atoms with E-state index >= 15 is 0 Å². The van der Waals surface area contributed by atoms with Crippen LogP contribution in [0.2, 0.25) is 0 Å². The highest BCUT2D eigenvalue weighted by Crippen LogP contribution is 2.17. The second-order valence-electron chi connectivity index (χ2n) is 3.62. The number of nitrogens with zero attached hydrogens (tertiary/aromatic N) is 2. The average molecular weight is 287 g/mol. The summed E-state index contributed by atoms with van der Waals surface area (Å²) in [5.74, 6) is 0. The molecule has 4 N–H and O–H groups in total. The molecular formula is C9H13N5O2S2. The number of sulfonamides is 1. The first kappa shape index (κ1) is 13.1. The minimum Gasteiger partial charge on any atom is -0.325 e. The standard InChI is InChI=1S/C9H13N5O2S2/c1-6-9(8(2-10)14-13-6)18(15,16)12-4-7-3-11-5-17-7/h3,5,12H,2,4,10H2,1H3,(H,13,14). The van der Waals surface area contributed by atoms with E-state index in [1.54, 1.807) is 18.6 Å². The van der Waals surface area contributed by atoms with Crippen molar-refractivity contribution in [2.24, 2.45) is 5.73 Å². The molecule has 0 radical (unpaired) electrons. The van der Waals surface area contributed by atoms with Crippen molar-refractivity contribution in [3.05, 3.63) is 28.0 Å². The van der Waals surface area contributed by atoms with Crippen LogP contribution in [0, 0.1) is 6.92 Å². The van der Waals surface area contributed by atoms with Crippen LogP contribution in [0.4, 0.5) is 0 Å². The Morgan fingerprint density at radius 1 is 1.56 bits per heavy atom. The Kier molecular flexibility index (Phi) is 3.76. The Morgan fingerprint density at radius 3 is 2.94 bits per heavy atom. The maximum atomic E-state index is 12.1. The lowest BCUT2D eigenvalue weighted by atomic mass is 10.4. The summed E-state index contributed by atoms with van der Waals surface area (Å²) in [5.41, 5.74) is 7.94. The summed E-state index contributed by atoms with van der Waals surface area (Å²) in [6.45, 7) is 1.93. The van der Waals surface area contributed by atoms with E-state index in [1.807, 2.05) is 0 Å². The molecule has 2 aromatic rings. The van der Waals surface area contributed by atoms with Gasteiger partial charge in [0.25, 0.3) is 0 Å². The van der Waals surface area contributed by atoms with E-state index in [0.717, 1.165) is 4.88 Å². The number of thiazole rings is 1. The molecule has 7 nitrogen and oxygen atoms in total. The molecule has 0 unspecified atom stereocenters. The number of aryl methyl sites for hydroxylation is 1. The van der Waals surface area contributed by atoms with Crippen molar-refractivity contribution in [1.29, 1.82) is 0 Å². The summed E-state index contributed by atoms with van der Waals surface area (Å²) in [4.78, 5) is 4.86. The van der Waals surface area contributed by atoms with Gasteiger partial charge in [-0.25, -0.2) is 13.1 Å². The molecule has 0 aliphatic rings. The van der Waals surface area contributed by atoms with Crippen LogP contribution in [0.3, 0.4) is 0 Å². The lowest BCUT2D eigenvalue weighted by Gasteiger charge is -2.06. The fraction of sp³-hybridized carbons (Fsp3) is 0.333. The Labute approximate surface area is 108 Å². The SMILES string of the molecule is Cc1[nH]nc(CN)c1S(=O)(=O)NCc1cncs1. The number of aromatic amines is 1. The monoisotopic (exact) mass is 287 g/mol. The van der Waals surface area contributed by atoms with Crippen LogP contribution in [0.1, 0.15) is 16.3 Å². The average Bonchev–Trinajstić information content (AvgIpc) is 2.95. The number of aromatic nitrogens is 3. The molecule has 0 saturated heterocycles. The normalized spacial score (nSPS) is 11.9. The van der Waals surface area contributed by atoms with Gasteiger partial charge >= 0.3 is 0 Å². The second kappa shape index (κ2) is 5.14. The fourth-order valence-electron chi connectivity index (χ4n) is 1.53. The topological polar surface area (TPSA) is 114 Å². The number of nitrogens with one attached hydrogen (secondary N) is 2. The molecule has 2 heterocycles. The summed E-state index contributed by atoms with van der Waals surface area (Å²) < 4.78 is 26.8. The van der Waals surface area contributed by atoms with Gasteiger partial charge in [-0.1, -0.05) is 0 Å². The molecule has 0 aromatic carbocycles. The third-order valence-electron chi connectivity index (χ3n) is 2.34. The Morgan fingerprint density at radius 2 is 2.33 bits per heavy atom. The van der Waals surface area contributed by atoms with Gasteiger partial charge in [0.1, 0.15) is 4.90 Å². The van der Waals surface area contributed by atoms with Gasteiger partial charge in [0.05, 0.1) is 16.9 Å². The molecule has 2 aromatic heterocycles. The van der Waals surface area contributed by atoms with Crippen LogP contribution >= 0.6 is 11.3 Å². The number of nitrogens with two attached hydrogens (primary N) is 1. The zero-order chi connectivity index (χ0) is 13.2. The number of hydrogen-bond donors (Lipinski definition) is 3. The fourth-order valence-corrected chi connectivity index (χ4v) is 3.54. The van der Waals surface area contributed by atoms with Crippen LogP contribution < -0.4 is 10.5 Å². The zero-order valence-electron chi connectivity index (χ0n) is 9.67. The van der Waals surface area contributed by atoms with E-state index in [1.165, 1.54) is 11.3 Å². The molecule has 0 saturated carbocycles. The molecule has 0 amide bonds. The van der Waals surface area contributed by atoms with E-state index in [4.69, 9.17) is 5.73 Å². The van der Waals surface area contributed by atoms with Crippen LogP contribution in [-0.4, -0.2) is 23.6 Å². The molecule has 2 rings (SSSR count). The highest BCUT2D eigenvalue weighted by Gasteiger charge is 2.23. The zero-order valence-corrected chi connectivity index (χ0v) is 11.3. The molecule has 0 bridgehead atoms. The van der Waals surface area contributed by atoms with Crippen LogP contribution in [0.5, 0.6) is 0 Å². The van der Waals surface area contributed by atoms with Gasteiger partial charge in [-0.2, -0.15) is 5.10 Å². The quantitative estimate of drug-likeness (QED) is 0.722. The van der Waals surface area contributed by atoms with Gasteiger partial charge in [-0.15, -0.1) is 11.3 Å². The summed E-state index contributed by atoms with van der Waals surface area (Å²) in [6, 6.07) is 0. The van der Waals surface area contributed by atoms with Crippen molar-refractivity contribution in [3.8, 4) is 0 Å². The first-order chi connectivity index (χ1) is 8.54. The smallest absolute Gasteiger partial charge is 0.244 e. The number of H-pyrrole nitrogens is 1. The molecule has 18 heavy (non-hydrogen) atoms. The van der Waals surface area contributed by atoms with Crippen LogP contribution in [0.15, 0.2) is 16.6 Å². The van der Waals surface area contributed by atoms with Crippen molar-refractivity contribution >= 4 is 21.4 Å². The van der Waals surface area contributed by atoms with Gasteiger partial charge in [-0.3, -0.25) is 10.1 Å². The van der Waals surface area contributed by atoms with Gasteiger partial charge in [0.15, 0.2) is 0 Å². The summed E-state index contributed by atoms with van der Waals surface area (Å²) in [6.07, 6.45) is 1.62. The van der Waals surface area contributed by atoms with Crippen molar-refractivity contribution < 1.29 is 8.42 Å². The first-order valence-electron chi connectivity index (χ1n) is 5.15. The molecule has 0 fully saturated rings. The van der Waals surface area contributed by atoms with Crippen molar-refractivity contribution in [1.82, 2.24) is 19.9 Å². The van der Waals surface area contributed by atoms with Gasteiger partial charge in [-0.05, 0) is 6.92 Å². The highest BCUT2D eigenvalue weighted by molar-refractivity contribution is 7.89. The Balaban J connectivity index is 2.22.